The van der Waals surface area contributed by atoms with Gasteiger partial charge in [-0.3, -0.25) is 9.59 Å². The van der Waals surface area contributed by atoms with Gasteiger partial charge in [0.25, 0.3) is 11.8 Å². The Balaban J connectivity index is 2.09. The maximum absolute atomic E-state index is 15.4. The zero-order valence-electron chi connectivity index (χ0n) is 20.3. The smallest absolute Gasteiger partial charge is 0.309 e. The highest BCUT2D eigenvalue weighted by atomic mass is 127. The number of rotatable bonds is 5. The van der Waals surface area contributed by atoms with Crippen molar-refractivity contribution < 1.29 is 57.9 Å². The van der Waals surface area contributed by atoms with Crippen LogP contribution >= 0.6 is 34.5 Å². The van der Waals surface area contributed by atoms with Crippen LogP contribution in [0.5, 0.6) is 0 Å². The summed E-state index contributed by atoms with van der Waals surface area (Å²) < 4.78 is 150. The number of carbonyl (C=O) groups excluding carboxylic acids is 2. The van der Waals surface area contributed by atoms with Crippen LogP contribution < -0.4 is 8.01 Å². The fourth-order valence-electron chi connectivity index (χ4n) is 3.63. The van der Waals surface area contributed by atoms with Crippen LogP contribution in [0.15, 0.2) is 54.7 Å². The minimum atomic E-state index is -6.71. The van der Waals surface area contributed by atoms with E-state index in [1.165, 1.54) is 18.3 Å². The van der Waals surface area contributed by atoms with E-state index in [4.69, 9.17) is 11.6 Å². The van der Waals surface area contributed by atoms with Crippen LogP contribution in [0.4, 0.5) is 59.7 Å². The number of halogens is 13. The lowest BCUT2D eigenvalue weighted by Crippen LogP contribution is -2.50. The first-order chi connectivity index (χ1) is 19.1. The molecule has 0 N–H and O–H groups in total. The first kappa shape index (κ1) is 33.3. The van der Waals surface area contributed by atoms with Crippen LogP contribution in [-0.4, -0.2) is 36.2 Å². The molecule has 0 radical (unpaired) electrons. The van der Waals surface area contributed by atoms with Gasteiger partial charge in [0.05, 0.1) is 50.9 Å². The molecule has 0 atom stereocenters. The van der Waals surface area contributed by atoms with E-state index in [2.05, 4.69) is 4.98 Å². The van der Waals surface area contributed by atoms with E-state index in [1.54, 1.807) is 0 Å². The van der Waals surface area contributed by atoms with Crippen molar-refractivity contribution in [2.45, 2.75) is 24.2 Å². The number of hydrogen-bond donors (Lipinski definition) is 0. The fraction of sp³-hybridized carbons (Fsp3) is 0.208. The molecular formula is C24H12ClF11IN3O2. The van der Waals surface area contributed by atoms with E-state index < -0.39 is 76.0 Å². The summed E-state index contributed by atoms with van der Waals surface area (Å²) in [4.78, 5) is 30.2. The molecule has 1 aromatic heterocycles. The van der Waals surface area contributed by atoms with E-state index in [1.807, 2.05) is 0 Å². The average Bonchev–Trinajstić information content (AvgIpc) is 2.89. The third-order valence-electron chi connectivity index (χ3n) is 5.74. The zero-order valence-corrected chi connectivity index (χ0v) is 23.2. The molecule has 0 aliphatic rings. The monoisotopic (exact) mass is 745 g/mol. The minimum absolute atomic E-state index is 0.0100. The number of carbonyl (C=O) groups is 2. The molecule has 3 rings (SSSR count). The molecule has 0 saturated heterocycles. The molecule has 0 unspecified atom stereocenters. The fourth-order valence-corrected chi connectivity index (χ4v) is 4.51. The normalized spacial score (nSPS) is 12.7. The highest BCUT2D eigenvalue weighted by Gasteiger charge is 2.73. The van der Waals surface area contributed by atoms with Crippen LogP contribution in [0.25, 0.3) is 0 Å². The van der Waals surface area contributed by atoms with E-state index in [9.17, 15) is 53.5 Å². The third-order valence-corrected chi connectivity index (χ3v) is 6.99. The number of pyridine rings is 1. The summed E-state index contributed by atoms with van der Waals surface area (Å²) in [7, 11) is 1.07. The van der Waals surface area contributed by atoms with Gasteiger partial charge < -0.3 is 4.90 Å². The van der Waals surface area contributed by atoms with Crippen LogP contribution in [0.3, 0.4) is 0 Å². The second kappa shape index (κ2) is 11.5. The average molecular weight is 746 g/mol. The molecule has 42 heavy (non-hydrogen) atoms. The maximum atomic E-state index is 15.4. The van der Waals surface area contributed by atoms with Gasteiger partial charge in [-0.05, 0) is 36.4 Å². The van der Waals surface area contributed by atoms with Crippen LogP contribution in [0, 0.1) is 5.82 Å². The molecule has 5 nitrogen and oxygen atoms in total. The summed E-state index contributed by atoms with van der Waals surface area (Å²) in [6, 6.07) is 4.52. The first-order valence-electron chi connectivity index (χ1n) is 10.9. The van der Waals surface area contributed by atoms with Gasteiger partial charge >= 0.3 is 24.2 Å². The quantitative estimate of drug-likeness (QED) is 0.114. The lowest BCUT2D eigenvalue weighted by molar-refractivity contribution is -0.348. The van der Waals surface area contributed by atoms with Crippen molar-refractivity contribution in [3.63, 3.8) is 0 Å². The van der Waals surface area contributed by atoms with Crippen molar-refractivity contribution in [1.82, 2.24) is 4.98 Å². The molecule has 0 fully saturated rings. The van der Waals surface area contributed by atoms with Gasteiger partial charge in [-0.25, -0.2) is 16.9 Å². The lowest BCUT2D eigenvalue weighted by Gasteiger charge is -2.31. The first-order valence-corrected chi connectivity index (χ1v) is 12.2. The van der Waals surface area contributed by atoms with Gasteiger partial charge in [0.2, 0.25) is 0 Å². The lowest BCUT2D eigenvalue weighted by atomic mass is 9.92. The Labute approximate surface area is 247 Å². The number of hydrogen-bond acceptors (Lipinski definition) is 3. The summed E-state index contributed by atoms with van der Waals surface area (Å²) in [5, 5.41) is -0.253. The number of benzene rings is 2. The topological polar surface area (TPSA) is 53.5 Å². The van der Waals surface area contributed by atoms with Crippen molar-refractivity contribution in [2.75, 3.05) is 15.1 Å². The molecule has 2 amide bonds. The number of nitrogens with zero attached hydrogens (tertiary/aromatic N) is 3. The number of amides is 2. The van der Waals surface area contributed by atoms with Crippen molar-refractivity contribution in [3.05, 3.63) is 88.0 Å². The SMILES string of the molecule is CN(C(=O)c1cccnc1Cl)c1cccc(C(=O)N(I)c2ccc(C(F)(C(F)(F)F)C(F)(F)F)cc2C(F)(F)F)c1F. The number of anilines is 2. The van der Waals surface area contributed by atoms with Gasteiger partial charge in [0.1, 0.15) is 5.15 Å². The molecule has 0 saturated carbocycles. The van der Waals surface area contributed by atoms with E-state index >= 15 is 4.39 Å². The largest absolute Gasteiger partial charge is 0.435 e. The zero-order chi connectivity index (χ0) is 32.0. The van der Waals surface area contributed by atoms with Gasteiger partial charge in [-0.1, -0.05) is 23.7 Å². The Kier molecular flexibility index (Phi) is 9.08. The Hall–Kier alpha value is -3.22. The van der Waals surface area contributed by atoms with Crippen molar-refractivity contribution in [3.8, 4) is 0 Å². The molecule has 0 aliphatic carbocycles. The Bertz CT molecular complexity index is 1510. The van der Waals surface area contributed by atoms with E-state index in [-0.39, 0.29) is 26.0 Å². The highest BCUT2D eigenvalue weighted by Crippen LogP contribution is 2.54. The van der Waals surface area contributed by atoms with E-state index in [0.29, 0.717) is 4.90 Å². The summed E-state index contributed by atoms with van der Waals surface area (Å²) in [6.07, 6.45) is -17.9. The standard InChI is InChI=1S/C24H12ClF11IN3O2/c1-39(19(41)13-5-3-9-38-18(13)25)16-6-2-4-12(17(16)26)20(42)40(37)15-8-7-11(10-14(15)22(28,29)30)21(27,23(31,32)33)24(34,35)36/h2-10H,1H3. The molecule has 226 valence electrons. The van der Waals surface area contributed by atoms with E-state index in [0.717, 1.165) is 48.1 Å². The van der Waals surface area contributed by atoms with Crippen molar-refractivity contribution in [1.29, 1.82) is 0 Å². The summed E-state index contributed by atoms with van der Waals surface area (Å²) in [5.41, 5.74) is -13.9. The molecular weight excluding hydrogens is 734 g/mol. The predicted octanol–water partition coefficient (Wildman–Crippen LogP) is 8.46. The minimum Gasteiger partial charge on any atom is -0.309 e. The molecule has 1 heterocycles. The van der Waals surface area contributed by atoms with Gasteiger partial charge in [-0.15, -0.1) is 0 Å². The van der Waals surface area contributed by atoms with Gasteiger partial charge in [0.15, 0.2) is 5.82 Å². The molecule has 0 aliphatic heterocycles. The molecule has 3 aromatic rings. The van der Waals surface area contributed by atoms with Crippen LogP contribution in [0.1, 0.15) is 31.8 Å². The summed E-state index contributed by atoms with van der Waals surface area (Å²) >= 11 is 6.78. The maximum Gasteiger partial charge on any atom is 0.435 e. The second-order valence-electron chi connectivity index (χ2n) is 8.31. The van der Waals surface area contributed by atoms with Crippen molar-refractivity contribution in [2.24, 2.45) is 0 Å². The number of aromatic nitrogens is 1. The molecule has 0 spiro atoms. The predicted molar refractivity (Wildman–Crippen MR) is 136 cm³/mol. The third kappa shape index (κ3) is 5.97. The second-order valence-corrected chi connectivity index (χ2v) is 9.64. The Morgan fingerprint density at radius 3 is 1.90 bits per heavy atom. The van der Waals surface area contributed by atoms with Gasteiger partial charge in [-0.2, -0.15) is 39.5 Å². The molecule has 0 bridgehead atoms. The van der Waals surface area contributed by atoms with Gasteiger partial charge in [0, 0.05) is 18.8 Å². The van der Waals surface area contributed by atoms with Crippen LogP contribution in [-0.2, 0) is 11.8 Å². The van der Waals surface area contributed by atoms with Crippen molar-refractivity contribution >= 4 is 57.7 Å². The highest BCUT2D eigenvalue weighted by molar-refractivity contribution is 14.1. The number of alkyl halides is 10. The Morgan fingerprint density at radius 2 is 1.38 bits per heavy atom. The summed E-state index contributed by atoms with van der Waals surface area (Å²) in [5.74, 6) is -3.89. The molecule has 2 aromatic carbocycles. The summed E-state index contributed by atoms with van der Waals surface area (Å²) in [6.45, 7) is 0. The van der Waals surface area contributed by atoms with Crippen LogP contribution in [0.2, 0.25) is 5.15 Å². The molecule has 18 heteroatoms. The Morgan fingerprint density at radius 1 is 0.810 bits per heavy atom.